The molecule has 39 heavy (non-hydrogen) atoms. The number of likely N-dealkylation sites (tertiary alicyclic amines) is 1. The monoisotopic (exact) mass is 554 g/mol. The molecule has 1 saturated heterocycles. The lowest BCUT2D eigenvalue weighted by molar-refractivity contribution is 0.0784. The number of hydrogen-bond acceptors (Lipinski definition) is 8. The van der Waals surface area contributed by atoms with E-state index in [0.717, 1.165) is 12.1 Å². The molecule has 4 aromatic rings. The Morgan fingerprint density at radius 1 is 1.13 bits per heavy atom. The van der Waals surface area contributed by atoms with Crippen molar-refractivity contribution < 1.29 is 28.2 Å². The van der Waals surface area contributed by atoms with E-state index in [0.29, 0.717) is 17.1 Å². The van der Waals surface area contributed by atoms with Gasteiger partial charge in [-0.15, -0.1) is 11.3 Å². The van der Waals surface area contributed by atoms with Crippen molar-refractivity contribution in [1.29, 1.82) is 0 Å². The average Bonchev–Trinajstić information content (AvgIpc) is 3.57. The molecule has 3 heterocycles. The van der Waals surface area contributed by atoms with E-state index >= 15 is 0 Å². The summed E-state index contributed by atoms with van der Waals surface area (Å²) in [5.41, 5.74) is -0.696. The molecule has 202 valence electrons. The number of hydrogen-bond donors (Lipinski definition) is 1. The van der Waals surface area contributed by atoms with Gasteiger partial charge in [-0.3, -0.25) is 14.2 Å². The Morgan fingerprint density at radius 2 is 1.85 bits per heavy atom. The first-order valence-corrected chi connectivity index (χ1v) is 12.9. The summed E-state index contributed by atoms with van der Waals surface area (Å²) in [4.78, 5) is 36.8. The van der Waals surface area contributed by atoms with Crippen molar-refractivity contribution >= 4 is 17.2 Å². The number of carbonyl (C=O) groups is 1. The molecule has 0 saturated carbocycles. The van der Waals surface area contributed by atoms with Gasteiger partial charge in [-0.2, -0.15) is 4.98 Å². The van der Waals surface area contributed by atoms with Crippen LogP contribution in [0.25, 0.3) is 17.2 Å². The summed E-state index contributed by atoms with van der Waals surface area (Å²) in [7, 11) is 2.87. The molecule has 1 atom stereocenters. The van der Waals surface area contributed by atoms with Crippen molar-refractivity contribution in [2.45, 2.75) is 19.3 Å². The van der Waals surface area contributed by atoms with Crippen LogP contribution in [0.2, 0.25) is 0 Å². The number of methoxy groups -OCH3 is 2. The molecular formula is C27H24F2N4O5S. The SMILES string of the molecule is COc1cccc(OC)c1-n1c(-c2csc(C)n2)nc(=O)c(C(=O)N2CCC(c3ccc(F)cc3F)C2)c1O. The topological polar surface area (TPSA) is 107 Å². The number of aryl methyl sites for hydroxylation is 1. The highest BCUT2D eigenvalue weighted by Gasteiger charge is 2.35. The van der Waals surface area contributed by atoms with Gasteiger partial charge in [0.25, 0.3) is 11.5 Å². The van der Waals surface area contributed by atoms with Crippen LogP contribution in [0, 0.1) is 18.6 Å². The van der Waals surface area contributed by atoms with Crippen molar-refractivity contribution in [3.63, 3.8) is 0 Å². The van der Waals surface area contributed by atoms with E-state index < -0.39 is 40.5 Å². The van der Waals surface area contributed by atoms with Gasteiger partial charge < -0.3 is 19.5 Å². The Kier molecular flexibility index (Phi) is 7.04. The van der Waals surface area contributed by atoms with E-state index in [2.05, 4.69) is 9.97 Å². The third kappa shape index (κ3) is 4.71. The Hall–Kier alpha value is -4.32. The number of halogens is 2. The summed E-state index contributed by atoms with van der Waals surface area (Å²) in [5, 5.41) is 13.9. The van der Waals surface area contributed by atoms with Crippen molar-refractivity contribution in [3.05, 3.63) is 79.9 Å². The molecule has 1 fully saturated rings. The standard InChI is InChI=1S/C27H24F2N4O5S/c1-14-30-19(13-39-14)24-31-25(34)22(27(36)33(24)23-20(37-2)5-4-6-21(23)38-3)26(35)32-10-9-15(12-32)17-8-7-16(28)11-18(17)29/h4-8,11,13,15,36H,9-10,12H2,1-3H3. The van der Waals surface area contributed by atoms with E-state index in [1.54, 1.807) is 30.5 Å². The van der Waals surface area contributed by atoms with E-state index in [4.69, 9.17) is 9.47 Å². The van der Waals surface area contributed by atoms with Crippen LogP contribution in [-0.2, 0) is 0 Å². The first kappa shape index (κ1) is 26.3. The number of aromatic nitrogens is 3. The number of ether oxygens (including phenoxy) is 2. The third-order valence-corrected chi connectivity index (χ3v) is 7.41. The van der Waals surface area contributed by atoms with Crippen molar-refractivity contribution in [2.24, 2.45) is 0 Å². The Balaban J connectivity index is 1.63. The summed E-state index contributed by atoms with van der Waals surface area (Å²) in [6.07, 6.45) is 0.396. The van der Waals surface area contributed by atoms with Crippen LogP contribution in [0.5, 0.6) is 17.4 Å². The molecule has 2 aromatic heterocycles. The first-order valence-electron chi connectivity index (χ1n) is 12.0. The van der Waals surface area contributed by atoms with Gasteiger partial charge in [0.1, 0.15) is 34.5 Å². The van der Waals surface area contributed by atoms with Gasteiger partial charge in [0.2, 0.25) is 5.88 Å². The minimum absolute atomic E-state index is 0.00567. The highest BCUT2D eigenvalue weighted by atomic mass is 32.1. The summed E-state index contributed by atoms with van der Waals surface area (Å²) in [6, 6.07) is 8.27. The maximum Gasteiger partial charge on any atom is 0.290 e. The zero-order valence-electron chi connectivity index (χ0n) is 21.3. The number of nitrogens with zero attached hydrogens (tertiary/aromatic N) is 4. The quantitative estimate of drug-likeness (QED) is 0.379. The summed E-state index contributed by atoms with van der Waals surface area (Å²) >= 11 is 1.33. The van der Waals surface area contributed by atoms with Crippen LogP contribution < -0.4 is 15.0 Å². The van der Waals surface area contributed by atoms with Crippen LogP contribution in [0.15, 0.2) is 46.6 Å². The van der Waals surface area contributed by atoms with Gasteiger partial charge in [-0.05, 0) is 37.1 Å². The highest BCUT2D eigenvalue weighted by Crippen LogP contribution is 2.39. The minimum atomic E-state index is -0.945. The molecule has 12 heteroatoms. The fraction of sp³-hybridized carbons (Fsp3) is 0.259. The number of thiazole rings is 1. The van der Waals surface area contributed by atoms with Crippen LogP contribution in [0.1, 0.15) is 33.3 Å². The molecule has 0 spiro atoms. The predicted molar refractivity (Wildman–Crippen MR) is 140 cm³/mol. The maximum absolute atomic E-state index is 14.4. The second kappa shape index (κ2) is 10.4. The lowest BCUT2D eigenvalue weighted by Gasteiger charge is -2.22. The molecule has 2 aromatic carbocycles. The lowest BCUT2D eigenvalue weighted by Crippen LogP contribution is -2.34. The van der Waals surface area contributed by atoms with Crippen LogP contribution >= 0.6 is 11.3 Å². The number of amides is 1. The van der Waals surface area contributed by atoms with Gasteiger partial charge in [0.05, 0.1) is 19.2 Å². The summed E-state index contributed by atoms with van der Waals surface area (Å²) in [6.45, 7) is 2.06. The second-order valence-corrected chi connectivity index (χ2v) is 10.0. The Bertz CT molecular complexity index is 1610. The van der Waals surface area contributed by atoms with Crippen molar-refractivity contribution in [3.8, 4) is 34.6 Å². The van der Waals surface area contributed by atoms with Gasteiger partial charge in [0, 0.05) is 30.5 Å². The molecular weight excluding hydrogens is 530 g/mol. The molecule has 0 aliphatic carbocycles. The largest absolute Gasteiger partial charge is 0.494 e. The smallest absolute Gasteiger partial charge is 0.290 e. The van der Waals surface area contributed by atoms with E-state index in [1.165, 1.54) is 41.1 Å². The average molecular weight is 555 g/mol. The zero-order valence-corrected chi connectivity index (χ0v) is 22.1. The number of aromatic hydroxyl groups is 1. The molecule has 1 aliphatic rings. The third-order valence-electron chi connectivity index (χ3n) is 6.63. The maximum atomic E-state index is 14.4. The summed E-state index contributed by atoms with van der Waals surface area (Å²) < 4.78 is 40.0. The van der Waals surface area contributed by atoms with Crippen LogP contribution in [0.4, 0.5) is 8.78 Å². The highest BCUT2D eigenvalue weighted by molar-refractivity contribution is 7.09. The van der Waals surface area contributed by atoms with Gasteiger partial charge >= 0.3 is 0 Å². The van der Waals surface area contributed by atoms with Crippen LogP contribution in [-0.4, -0.2) is 57.8 Å². The lowest BCUT2D eigenvalue weighted by atomic mass is 9.98. The molecule has 1 N–H and O–H groups in total. The second-order valence-electron chi connectivity index (χ2n) is 8.94. The molecule has 9 nitrogen and oxygen atoms in total. The van der Waals surface area contributed by atoms with Crippen LogP contribution in [0.3, 0.4) is 0 Å². The predicted octanol–water partition coefficient (Wildman–Crippen LogP) is 4.30. The number of para-hydroxylation sites is 1. The number of benzene rings is 2. The van der Waals surface area contributed by atoms with Crippen molar-refractivity contribution in [1.82, 2.24) is 19.4 Å². The minimum Gasteiger partial charge on any atom is -0.494 e. The number of rotatable bonds is 6. The van der Waals surface area contributed by atoms with Crippen molar-refractivity contribution in [2.75, 3.05) is 27.3 Å². The van der Waals surface area contributed by atoms with Gasteiger partial charge in [-0.25, -0.2) is 13.8 Å². The van der Waals surface area contributed by atoms with E-state index in [9.17, 15) is 23.5 Å². The fourth-order valence-corrected chi connectivity index (χ4v) is 5.38. The fourth-order valence-electron chi connectivity index (χ4n) is 4.79. The molecule has 1 unspecified atom stereocenters. The molecule has 0 radical (unpaired) electrons. The molecule has 5 rings (SSSR count). The first-order chi connectivity index (χ1) is 18.7. The normalized spacial score (nSPS) is 15.0. The van der Waals surface area contributed by atoms with Gasteiger partial charge in [0.15, 0.2) is 11.4 Å². The van der Waals surface area contributed by atoms with E-state index in [1.807, 2.05) is 0 Å². The Labute approximate surface area is 225 Å². The van der Waals surface area contributed by atoms with E-state index in [-0.39, 0.29) is 41.7 Å². The zero-order chi connectivity index (χ0) is 27.8. The van der Waals surface area contributed by atoms with Gasteiger partial charge in [-0.1, -0.05) is 12.1 Å². The molecule has 1 amide bonds. The molecule has 1 aliphatic heterocycles. The summed E-state index contributed by atoms with van der Waals surface area (Å²) in [5.74, 6) is -2.66. The molecule has 0 bridgehead atoms. The number of carbonyl (C=O) groups excluding carboxylic acids is 1. The Morgan fingerprint density at radius 3 is 2.46 bits per heavy atom.